The third-order valence-corrected chi connectivity index (χ3v) is 3.91. The van der Waals surface area contributed by atoms with Crippen LogP contribution in [0, 0.1) is 5.92 Å². The lowest BCUT2D eigenvalue weighted by Gasteiger charge is -2.12. The monoisotopic (exact) mass is 302 g/mol. The summed E-state index contributed by atoms with van der Waals surface area (Å²) in [4.78, 5) is 11.5. The molecule has 1 N–H and O–H groups in total. The van der Waals surface area contributed by atoms with E-state index in [4.69, 9.17) is 5.11 Å². The number of halogens is 1. The summed E-state index contributed by atoms with van der Waals surface area (Å²) in [5.74, 6) is -0.0124. The van der Waals surface area contributed by atoms with Crippen LogP contribution < -0.4 is 0 Å². The summed E-state index contributed by atoms with van der Waals surface area (Å²) in [6.07, 6.45) is 1.99. The molecule has 1 aromatic heterocycles. The third kappa shape index (κ3) is 3.39. The largest absolute Gasteiger partial charge is 0.396 e. The minimum atomic E-state index is -0.128. The van der Waals surface area contributed by atoms with Crippen molar-refractivity contribution in [2.45, 2.75) is 33.1 Å². The Morgan fingerprint density at radius 1 is 1.59 bits per heavy atom. The molecule has 0 fully saturated rings. The van der Waals surface area contributed by atoms with Crippen molar-refractivity contribution in [3.63, 3.8) is 0 Å². The zero-order valence-corrected chi connectivity index (χ0v) is 12.1. The van der Waals surface area contributed by atoms with Gasteiger partial charge in [-0.15, -0.1) is 0 Å². The fourth-order valence-electron chi connectivity index (χ4n) is 1.88. The van der Waals surface area contributed by atoms with Crippen LogP contribution >= 0.6 is 15.9 Å². The Labute approximate surface area is 110 Å². The minimum Gasteiger partial charge on any atom is -0.396 e. The van der Waals surface area contributed by atoms with E-state index in [1.807, 2.05) is 18.7 Å². The number of aliphatic hydroxyl groups excluding tert-OH is 1. The SMILES string of the molecule is CCc1nn(C)c(CC(CCO)C(C)=O)c1Br. The standard InChI is InChI=1S/C12H19BrN2O2/c1-4-10-12(13)11(15(3)14-10)7-9(5-6-16)8(2)17/h9,16H,4-7H2,1-3H3. The van der Waals surface area contributed by atoms with E-state index < -0.39 is 0 Å². The first-order chi connectivity index (χ1) is 8.01. The number of Topliss-reactive ketones (excluding diaryl/α,β-unsaturated/α-hetero) is 1. The lowest BCUT2D eigenvalue weighted by Crippen LogP contribution is -2.17. The summed E-state index contributed by atoms with van der Waals surface area (Å²) in [7, 11) is 1.88. The van der Waals surface area contributed by atoms with Gasteiger partial charge < -0.3 is 5.11 Å². The molecular formula is C12H19BrN2O2. The number of aromatic nitrogens is 2. The molecule has 1 aromatic rings. The molecule has 0 spiro atoms. The topological polar surface area (TPSA) is 55.1 Å². The highest BCUT2D eigenvalue weighted by molar-refractivity contribution is 9.10. The maximum atomic E-state index is 11.5. The Kier molecular flexibility index (Phi) is 5.33. The smallest absolute Gasteiger partial charge is 0.133 e. The van der Waals surface area contributed by atoms with Crippen LogP contribution in [0.3, 0.4) is 0 Å². The van der Waals surface area contributed by atoms with Gasteiger partial charge in [-0.1, -0.05) is 6.92 Å². The van der Waals surface area contributed by atoms with Gasteiger partial charge in [0, 0.05) is 26.0 Å². The van der Waals surface area contributed by atoms with Crippen LogP contribution in [0.15, 0.2) is 4.47 Å². The first kappa shape index (κ1) is 14.4. The average Bonchev–Trinajstić information content (AvgIpc) is 2.55. The Morgan fingerprint density at radius 3 is 2.65 bits per heavy atom. The van der Waals surface area contributed by atoms with Gasteiger partial charge in [0.2, 0.25) is 0 Å². The molecule has 1 unspecified atom stereocenters. The van der Waals surface area contributed by atoms with E-state index in [0.717, 1.165) is 22.3 Å². The van der Waals surface area contributed by atoms with Gasteiger partial charge in [-0.3, -0.25) is 9.48 Å². The van der Waals surface area contributed by atoms with Crippen LogP contribution in [-0.4, -0.2) is 27.3 Å². The molecule has 4 nitrogen and oxygen atoms in total. The molecule has 0 aliphatic heterocycles. The second-order valence-electron chi connectivity index (χ2n) is 4.21. The number of carbonyl (C=O) groups excluding carboxylic acids is 1. The number of ketones is 1. The van der Waals surface area contributed by atoms with E-state index in [1.54, 1.807) is 6.92 Å². The third-order valence-electron chi connectivity index (χ3n) is 3.00. The average molecular weight is 303 g/mol. The summed E-state index contributed by atoms with van der Waals surface area (Å²) in [5.41, 5.74) is 2.03. The summed E-state index contributed by atoms with van der Waals surface area (Å²) < 4.78 is 2.81. The predicted octanol–water partition coefficient (Wildman–Crippen LogP) is 1.88. The van der Waals surface area contributed by atoms with Crippen molar-refractivity contribution in [2.24, 2.45) is 13.0 Å². The van der Waals surface area contributed by atoms with Crippen molar-refractivity contribution in [3.05, 3.63) is 15.9 Å². The number of hydrogen-bond donors (Lipinski definition) is 1. The van der Waals surface area contributed by atoms with E-state index in [2.05, 4.69) is 21.0 Å². The molecule has 96 valence electrons. The Morgan fingerprint density at radius 2 is 2.24 bits per heavy atom. The first-order valence-electron chi connectivity index (χ1n) is 5.82. The summed E-state index contributed by atoms with van der Waals surface area (Å²) in [6, 6.07) is 0. The zero-order valence-electron chi connectivity index (χ0n) is 10.5. The van der Waals surface area contributed by atoms with E-state index in [0.29, 0.717) is 12.8 Å². The molecule has 0 aliphatic rings. The van der Waals surface area contributed by atoms with Crippen LogP contribution in [0.5, 0.6) is 0 Å². The van der Waals surface area contributed by atoms with E-state index in [-0.39, 0.29) is 18.3 Å². The zero-order chi connectivity index (χ0) is 13.0. The van der Waals surface area contributed by atoms with Crippen LogP contribution in [0.1, 0.15) is 31.7 Å². The molecule has 1 rings (SSSR count). The van der Waals surface area contributed by atoms with Crippen molar-refractivity contribution >= 4 is 21.7 Å². The Bertz CT molecular complexity index is 401. The summed E-state index contributed by atoms with van der Waals surface area (Å²) >= 11 is 3.53. The predicted molar refractivity (Wildman–Crippen MR) is 69.9 cm³/mol. The molecule has 1 heterocycles. The highest BCUT2D eigenvalue weighted by Gasteiger charge is 2.20. The fraction of sp³-hybridized carbons (Fsp3) is 0.667. The maximum absolute atomic E-state index is 11.5. The molecular weight excluding hydrogens is 284 g/mol. The van der Waals surface area contributed by atoms with Crippen molar-refractivity contribution in [2.75, 3.05) is 6.61 Å². The molecule has 1 atom stereocenters. The van der Waals surface area contributed by atoms with Gasteiger partial charge in [0.25, 0.3) is 0 Å². The second-order valence-corrected chi connectivity index (χ2v) is 5.00. The van der Waals surface area contributed by atoms with Crippen molar-refractivity contribution in [3.8, 4) is 0 Å². The quantitative estimate of drug-likeness (QED) is 0.873. The number of rotatable bonds is 6. The van der Waals surface area contributed by atoms with Crippen molar-refractivity contribution in [1.29, 1.82) is 0 Å². The van der Waals surface area contributed by atoms with Crippen LogP contribution in [0.4, 0.5) is 0 Å². The number of nitrogens with zero attached hydrogens (tertiary/aromatic N) is 2. The molecule has 0 aromatic carbocycles. The fourth-order valence-corrected chi connectivity index (χ4v) is 2.66. The first-order valence-corrected chi connectivity index (χ1v) is 6.62. The molecule has 0 amide bonds. The van der Waals surface area contributed by atoms with Crippen LogP contribution in [-0.2, 0) is 24.7 Å². The molecule has 17 heavy (non-hydrogen) atoms. The number of aliphatic hydroxyl groups is 1. The van der Waals surface area contributed by atoms with E-state index >= 15 is 0 Å². The maximum Gasteiger partial charge on any atom is 0.133 e. The van der Waals surface area contributed by atoms with Crippen LogP contribution in [0.25, 0.3) is 0 Å². The Balaban J connectivity index is 2.92. The molecule has 0 saturated heterocycles. The van der Waals surface area contributed by atoms with Gasteiger partial charge in [-0.05, 0) is 35.7 Å². The Hall–Kier alpha value is -0.680. The number of aryl methyl sites for hydroxylation is 2. The molecule has 5 heteroatoms. The van der Waals surface area contributed by atoms with Crippen molar-refractivity contribution < 1.29 is 9.90 Å². The lowest BCUT2D eigenvalue weighted by molar-refractivity contribution is -0.121. The summed E-state index contributed by atoms with van der Waals surface area (Å²) in [6.45, 7) is 3.67. The molecule has 0 saturated carbocycles. The molecule has 0 aliphatic carbocycles. The lowest BCUT2D eigenvalue weighted by atomic mass is 9.95. The second kappa shape index (κ2) is 6.31. The minimum absolute atomic E-state index is 0.0420. The van der Waals surface area contributed by atoms with Gasteiger partial charge in [-0.25, -0.2) is 0 Å². The van der Waals surface area contributed by atoms with Gasteiger partial charge in [0.1, 0.15) is 5.78 Å². The van der Waals surface area contributed by atoms with E-state index in [9.17, 15) is 4.79 Å². The van der Waals surface area contributed by atoms with Gasteiger partial charge >= 0.3 is 0 Å². The normalized spacial score (nSPS) is 12.8. The van der Waals surface area contributed by atoms with E-state index in [1.165, 1.54) is 0 Å². The summed E-state index contributed by atoms with van der Waals surface area (Å²) in [5, 5.41) is 13.4. The highest BCUT2D eigenvalue weighted by Crippen LogP contribution is 2.25. The van der Waals surface area contributed by atoms with Crippen LogP contribution in [0.2, 0.25) is 0 Å². The van der Waals surface area contributed by atoms with Gasteiger partial charge in [0.05, 0.1) is 15.9 Å². The number of carbonyl (C=O) groups is 1. The number of hydrogen-bond acceptors (Lipinski definition) is 3. The van der Waals surface area contributed by atoms with Gasteiger partial charge in [-0.2, -0.15) is 5.10 Å². The highest BCUT2D eigenvalue weighted by atomic mass is 79.9. The molecule has 0 radical (unpaired) electrons. The van der Waals surface area contributed by atoms with Gasteiger partial charge in [0.15, 0.2) is 0 Å². The van der Waals surface area contributed by atoms with Crippen molar-refractivity contribution in [1.82, 2.24) is 9.78 Å². The molecule has 0 bridgehead atoms.